The average Bonchev–Trinajstić information content (AvgIpc) is 2.85. The summed E-state index contributed by atoms with van der Waals surface area (Å²) in [6, 6.07) is 5.62. The summed E-state index contributed by atoms with van der Waals surface area (Å²) < 4.78 is 5.38. The van der Waals surface area contributed by atoms with Crippen LogP contribution in [-0.2, 0) is 9.53 Å². The quantitative estimate of drug-likeness (QED) is 0.849. The molecule has 1 aromatic carbocycles. The van der Waals surface area contributed by atoms with Crippen molar-refractivity contribution in [1.82, 2.24) is 4.90 Å². The zero-order valence-electron chi connectivity index (χ0n) is 12.6. The first kappa shape index (κ1) is 15.4. The monoisotopic (exact) mass is 291 g/mol. The number of carbonyl (C=O) groups is 2. The molecule has 0 aromatic heterocycles. The minimum absolute atomic E-state index is 0.0360. The largest absolute Gasteiger partial charge is 0.508 e. The number of nitrogens with zero attached hydrogens (tertiary/aromatic N) is 1. The molecule has 2 rings (SSSR count). The van der Waals surface area contributed by atoms with Crippen LogP contribution in [0.25, 0.3) is 0 Å². The van der Waals surface area contributed by atoms with Gasteiger partial charge < -0.3 is 14.7 Å². The third kappa shape index (κ3) is 3.74. The molecule has 0 spiro atoms. The Morgan fingerprint density at radius 1 is 1.33 bits per heavy atom. The molecule has 0 radical (unpaired) electrons. The summed E-state index contributed by atoms with van der Waals surface area (Å²) in [6.07, 6.45) is 1.38. The lowest BCUT2D eigenvalue weighted by Crippen LogP contribution is -2.43. The molecule has 0 aliphatic carbocycles. The van der Waals surface area contributed by atoms with Crippen molar-refractivity contribution >= 4 is 11.9 Å². The Balaban J connectivity index is 2.15. The zero-order chi connectivity index (χ0) is 15.6. The minimum atomic E-state index is -0.570. The van der Waals surface area contributed by atoms with Gasteiger partial charge in [-0.2, -0.15) is 0 Å². The maximum absolute atomic E-state index is 12.5. The Bertz CT molecular complexity index is 547. The number of rotatable bonds is 2. The highest BCUT2D eigenvalue weighted by Crippen LogP contribution is 2.24. The summed E-state index contributed by atoms with van der Waals surface area (Å²) in [6.45, 7) is 5.95. The van der Waals surface area contributed by atoms with Crippen LogP contribution in [0.4, 0.5) is 0 Å². The predicted molar refractivity (Wildman–Crippen MR) is 78.0 cm³/mol. The van der Waals surface area contributed by atoms with E-state index in [9.17, 15) is 14.7 Å². The maximum Gasteiger partial charge on any atom is 0.329 e. The summed E-state index contributed by atoms with van der Waals surface area (Å²) in [5.74, 6) is -0.582. The van der Waals surface area contributed by atoms with Gasteiger partial charge in [0.1, 0.15) is 17.4 Å². The Hall–Kier alpha value is -2.04. The van der Waals surface area contributed by atoms with Gasteiger partial charge in [0, 0.05) is 12.1 Å². The second-order valence-electron chi connectivity index (χ2n) is 6.24. The molecular formula is C16H21NO4. The first-order chi connectivity index (χ1) is 9.78. The molecule has 21 heavy (non-hydrogen) atoms. The molecule has 1 aliphatic heterocycles. The van der Waals surface area contributed by atoms with E-state index in [1.165, 1.54) is 17.0 Å². The van der Waals surface area contributed by atoms with Crippen molar-refractivity contribution in [2.24, 2.45) is 0 Å². The van der Waals surface area contributed by atoms with E-state index in [1.807, 2.05) is 0 Å². The number of hydrogen-bond acceptors (Lipinski definition) is 4. The van der Waals surface area contributed by atoms with Crippen molar-refractivity contribution in [2.45, 2.75) is 45.3 Å². The van der Waals surface area contributed by atoms with Crippen LogP contribution in [0.15, 0.2) is 24.3 Å². The lowest BCUT2D eigenvalue weighted by atomic mass is 10.1. The minimum Gasteiger partial charge on any atom is -0.508 e. The molecule has 1 aliphatic rings. The molecule has 1 saturated heterocycles. The Kier molecular flexibility index (Phi) is 4.21. The summed E-state index contributed by atoms with van der Waals surface area (Å²) in [5, 5.41) is 9.47. The first-order valence-electron chi connectivity index (χ1n) is 7.11. The Morgan fingerprint density at radius 2 is 2.05 bits per heavy atom. The van der Waals surface area contributed by atoms with Crippen LogP contribution in [-0.4, -0.2) is 40.1 Å². The standard InChI is InChI=1S/C16H21NO4/c1-16(2,3)21-15(20)13-8-5-9-17(13)14(19)11-6-4-7-12(18)10-11/h4,6-7,10,13,18H,5,8-9H2,1-3H3/t13-/m1/s1. The summed E-state index contributed by atoms with van der Waals surface area (Å²) in [5.41, 5.74) is -0.190. The SMILES string of the molecule is CC(C)(C)OC(=O)[C@H]1CCCN1C(=O)c1cccc(O)c1. The fourth-order valence-electron chi connectivity index (χ4n) is 2.43. The van der Waals surface area contributed by atoms with Gasteiger partial charge in [0.25, 0.3) is 5.91 Å². The number of benzene rings is 1. The van der Waals surface area contributed by atoms with E-state index in [0.29, 0.717) is 18.5 Å². The van der Waals surface area contributed by atoms with E-state index < -0.39 is 11.6 Å². The van der Waals surface area contributed by atoms with Gasteiger partial charge in [-0.1, -0.05) is 6.07 Å². The highest BCUT2D eigenvalue weighted by atomic mass is 16.6. The molecule has 114 valence electrons. The van der Waals surface area contributed by atoms with Gasteiger partial charge >= 0.3 is 5.97 Å². The summed E-state index contributed by atoms with van der Waals surface area (Å²) in [4.78, 5) is 26.2. The molecule has 1 heterocycles. The van der Waals surface area contributed by atoms with Gasteiger partial charge in [-0.3, -0.25) is 4.79 Å². The predicted octanol–water partition coefficient (Wildman–Crippen LogP) is 2.34. The fourth-order valence-corrected chi connectivity index (χ4v) is 2.43. The number of ether oxygens (including phenoxy) is 1. The van der Waals surface area contributed by atoms with Gasteiger partial charge in [0.2, 0.25) is 0 Å². The summed E-state index contributed by atoms with van der Waals surface area (Å²) >= 11 is 0. The lowest BCUT2D eigenvalue weighted by Gasteiger charge is -2.27. The fraction of sp³-hybridized carbons (Fsp3) is 0.500. The van der Waals surface area contributed by atoms with Crippen LogP contribution in [0.5, 0.6) is 5.75 Å². The topological polar surface area (TPSA) is 66.8 Å². The number of esters is 1. The van der Waals surface area contributed by atoms with Crippen molar-refractivity contribution in [1.29, 1.82) is 0 Å². The number of hydrogen-bond donors (Lipinski definition) is 1. The molecule has 1 amide bonds. The van der Waals surface area contributed by atoms with E-state index in [-0.39, 0.29) is 17.6 Å². The van der Waals surface area contributed by atoms with Gasteiger partial charge in [0.05, 0.1) is 0 Å². The van der Waals surface area contributed by atoms with Crippen molar-refractivity contribution in [3.8, 4) is 5.75 Å². The molecule has 1 N–H and O–H groups in total. The smallest absolute Gasteiger partial charge is 0.329 e. The van der Waals surface area contributed by atoms with Crippen molar-refractivity contribution in [3.05, 3.63) is 29.8 Å². The van der Waals surface area contributed by atoms with Crippen LogP contribution in [0, 0.1) is 0 Å². The number of carbonyl (C=O) groups excluding carboxylic acids is 2. The Labute approximate surface area is 124 Å². The normalized spacial score (nSPS) is 18.6. The highest BCUT2D eigenvalue weighted by Gasteiger charge is 2.37. The maximum atomic E-state index is 12.5. The van der Waals surface area contributed by atoms with E-state index >= 15 is 0 Å². The van der Waals surface area contributed by atoms with Crippen LogP contribution in [0.1, 0.15) is 44.0 Å². The molecule has 5 nitrogen and oxygen atoms in total. The number of aromatic hydroxyl groups is 1. The van der Waals surface area contributed by atoms with E-state index in [1.54, 1.807) is 32.9 Å². The molecule has 0 unspecified atom stereocenters. The molecule has 1 fully saturated rings. The molecule has 0 bridgehead atoms. The molecule has 5 heteroatoms. The van der Waals surface area contributed by atoms with Crippen LogP contribution in [0.2, 0.25) is 0 Å². The number of amides is 1. The van der Waals surface area contributed by atoms with E-state index in [0.717, 1.165) is 6.42 Å². The number of phenols is 1. The van der Waals surface area contributed by atoms with Crippen LogP contribution in [0.3, 0.4) is 0 Å². The second kappa shape index (κ2) is 5.76. The summed E-state index contributed by atoms with van der Waals surface area (Å²) in [7, 11) is 0. The van der Waals surface area contributed by atoms with Crippen molar-refractivity contribution < 1.29 is 19.4 Å². The lowest BCUT2D eigenvalue weighted by molar-refractivity contribution is -0.159. The number of likely N-dealkylation sites (tertiary alicyclic amines) is 1. The average molecular weight is 291 g/mol. The van der Waals surface area contributed by atoms with Crippen molar-refractivity contribution in [3.63, 3.8) is 0 Å². The molecular weight excluding hydrogens is 270 g/mol. The number of phenolic OH excluding ortho intramolecular Hbond substituents is 1. The second-order valence-corrected chi connectivity index (χ2v) is 6.24. The van der Waals surface area contributed by atoms with Gasteiger partial charge in [0.15, 0.2) is 0 Å². The molecule has 0 saturated carbocycles. The van der Waals surface area contributed by atoms with Crippen LogP contribution >= 0.6 is 0 Å². The van der Waals surface area contributed by atoms with Crippen LogP contribution < -0.4 is 0 Å². The van der Waals surface area contributed by atoms with Gasteiger partial charge in [-0.25, -0.2) is 4.79 Å². The van der Waals surface area contributed by atoms with E-state index in [2.05, 4.69) is 0 Å². The Morgan fingerprint density at radius 3 is 2.67 bits per heavy atom. The van der Waals surface area contributed by atoms with Crippen molar-refractivity contribution in [2.75, 3.05) is 6.54 Å². The third-order valence-corrected chi connectivity index (χ3v) is 3.29. The molecule has 1 atom stereocenters. The van der Waals surface area contributed by atoms with Gasteiger partial charge in [-0.15, -0.1) is 0 Å². The zero-order valence-corrected chi connectivity index (χ0v) is 12.6. The van der Waals surface area contributed by atoms with Gasteiger partial charge in [-0.05, 0) is 51.8 Å². The third-order valence-electron chi connectivity index (χ3n) is 3.29. The van der Waals surface area contributed by atoms with E-state index in [4.69, 9.17) is 4.74 Å². The first-order valence-corrected chi connectivity index (χ1v) is 7.11. The molecule has 1 aromatic rings. The highest BCUT2D eigenvalue weighted by molar-refractivity contribution is 5.97.